The summed E-state index contributed by atoms with van der Waals surface area (Å²) in [5.41, 5.74) is 2.27. The molecule has 0 spiro atoms. The van der Waals surface area contributed by atoms with Gasteiger partial charge in [-0.15, -0.1) is 6.58 Å². The van der Waals surface area contributed by atoms with Gasteiger partial charge in [-0.1, -0.05) is 13.0 Å². The molecule has 5 atom stereocenters. The van der Waals surface area contributed by atoms with E-state index < -0.39 is 0 Å². The molecule has 1 N–H and O–H groups in total. The van der Waals surface area contributed by atoms with E-state index in [1.165, 1.54) is 24.9 Å². The molecule has 2 bridgehead atoms. The van der Waals surface area contributed by atoms with Crippen molar-refractivity contribution in [2.24, 2.45) is 11.8 Å². The molecule has 3 aliphatic heterocycles. The summed E-state index contributed by atoms with van der Waals surface area (Å²) in [6.45, 7) is 8.70. The molecule has 4 unspecified atom stereocenters. The Labute approximate surface area is 137 Å². The fourth-order valence-corrected chi connectivity index (χ4v) is 4.66. The van der Waals surface area contributed by atoms with Gasteiger partial charge in [-0.2, -0.15) is 0 Å². The van der Waals surface area contributed by atoms with E-state index >= 15 is 0 Å². The molecule has 0 amide bonds. The van der Waals surface area contributed by atoms with Crippen LogP contribution in [-0.4, -0.2) is 34.1 Å². The van der Waals surface area contributed by atoms with E-state index in [1.807, 2.05) is 18.3 Å². The van der Waals surface area contributed by atoms with Crippen LogP contribution in [0.2, 0.25) is 0 Å². The molecule has 2 aromatic rings. The predicted molar refractivity (Wildman–Crippen MR) is 93.6 cm³/mol. The van der Waals surface area contributed by atoms with Gasteiger partial charge >= 0.3 is 0 Å². The van der Waals surface area contributed by atoms with Crippen LogP contribution in [0, 0.1) is 11.8 Å². The Morgan fingerprint density at radius 1 is 1.39 bits per heavy atom. The summed E-state index contributed by atoms with van der Waals surface area (Å²) >= 11 is 0. The monoisotopic (exact) mass is 308 g/mol. The predicted octanol–water partition coefficient (Wildman–Crippen LogP) is 3.94. The van der Waals surface area contributed by atoms with E-state index in [9.17, 15) is 5.11 Å². The largest absolute Gasteiger partial charge is 0.508 e. The number of aromatic hydroxyl groups is 1. The van der Waals surface area contributed by atoms with Gasteiger partial charge in [0.15, 0.2) is 0 Å². The first-order valence-corrected chi connectivity index (χ1v) is 8.61. The maximum absolute atomic E-state index is 9.87. The van der Waals surface area contributed by atoms with Crippen LogP contribution in [0.15, 0.2) is 43.1 Å². The van der Waals surface area contributed by atoms with Crippen LogP contribution in [0.25, 0.3) is 10.9 Å². The van der Waals surface area contributed by atoms with Crippen LogP contribution in [0.1, 0.15) is 31.2 Å². The maximum Gasteiger partial charge on any atom is 0.116 e. The van der Waals surface area contributed by atoms with Crippen molar-refractivity contribution in [1.29, 1.82) is 0 Å². The van der Waals surface area contributed by atoms with Gasteiger partial charge < -0.3 is 5.11 Å². The molecule has 3 fully saturated rings. The van der Waals surface area contributed by atoms with Crippen molar-refractivity contribution in [3.63, 3.8) is 0 Å². The van der Waals surface area contributed by atoms with Gasteiger partial charge in [0.25, 0.3) is 0 Å². The number of pyridine rings is 1. The molecule has 0 aliphatic carbocycles. The Bertz CT molecular complexity index is 741. The summed E-state index contributed by atoms with van der Waals surface area (Å²) in [5, 5.41) is 11.0. The second-order valence-electron chi connectivity index (χ2n) is 7.14. The summed E-state index contributed by atoms with van der Waals surface area (Å²) in [5.74, 6) is 2.20. The number of nitrogens with zero attached hydrogens (tertiary/aromatic N) is 2. The average Bonchev–Trinajstić information content (AvgIpc) is 2.60. The third-order valence-corrected chi connectivity index (χ3v) is 5.98. The number of fused-ring (bicyclic) bond motifs is 4. The van der Waals surface area contributed by atoms with E-state index in [0.29, 0.717) is 23.6 Å². The van der Waals surface area contributed by atoms with Gasteiger partial charge in [-0.05, 0) is 67.0 Å². The zero-order chi connectivity index (χ0) is 16.0. The molecule has 3 nitrogen and oxygen atoms in total. The Kier molecular flexibility index (Phi) is 3.61. The van der Waals surface area contributed by atoms with Crippen molar-refractivity contribution in [2.75, 3.05) is 13.1 Å². The molecular weight excluding hydrogens is 284 g/mol. The fraction of sp³-hybridized carbons (Fsp3) is 0.450. The Balaban J connectivity index is 1.69. The van der Waals surface area contributed by atoms with Gasteiger partial charge in [-0.3, -0.25) is 9.88 Å². The standard InChI is InChI=1S/C20H24N2O/c1-3-14-12-22-9-7-15(14)10-20(22)13(2)17-6-8-21-19-5-4-16(23)11-18(17)19/h3-6,8,11,13-15,20,23H,1,7,9-10,12H2,2H3/t13-,14?,15?,20?/m0/s1. The first kappa shape index (κ1) is 14.7. The summed E-state index contributed by atoms with van der Waals surface area (Å²) in [6.07, 6.45) is 6.60. The van der Waals surface area contributed by atoms with Gasteiger partial charge in [-0.25, -0.2) is 0 Å². The molecule has 3 heteroatoms. The second-order valence-corrected chi connectivity index (χ2v) is 7.14. The number of rotatable bonds is 3. The molecule has 5 rings (SSSR count). The molecule has 120 valence electrons. The van der Waals surface area contributed by atoms with Crippen molar-refractivity contribution in [3.8, 4) is 5.75 Å². The Morgan fingerprint density at radius 3 is 3.00 bits per heavy atom. The van der Waals surface area contributed by atoms with Crippen molar-refractivity contribution < 1.29 is 5.11 Å². The number of hydrogen-bond acceptors (Lipinski definition) is 3. The highest BCUT2D eigenvalue weighted by molar-refractivity contribution is 5.84. The van der Waals surface area contributed by atoms with Crippen LogP contribution in [0.3, 0.4) is 0 Å². The summed E-state index contributed by atoms with van der Waals surface area (Å²) < 4.78 is 0. The summed E-state index contributed by atoms with van der Waals surface area (Å²) in [6, 6.07) is 8.18. The second kappa shape index (κ2) is 5.64. The number of aromatic nitrogens is 1. The zero-order valence-electron chi connectivity index (χ0n) is 13.7. The molecule has 23 heavy (non-hydrogen) atoms. The fourth-order valence-electron chi connectivity index (χ4n) is 4.66. The zero-order valence-corrected chi connectivity index (χ0v) is 13.7. The molecule has 1 aromatic heterocycles. The number of benzene rings is 1. The first-order valence-electron chi connectivity index (χ1n) is 8.61. The highest BCUT2D eigenvalue weighted by atomic mass is 16.3. The SMILES string of the molecule is C=CC1CN2CCC1CC2[C@@H](C)c1ccnc2ccc(O)cc12. The normalized spacial score (nSPS) is 31.2. The minimum absolute atomic E-state index is 0.316. The van der Waals surface area contributed by atoms with Crippen molar-refractivity contribution in [1.82, 2.24) is 9.88 Å². The van der Waals surface area contributed by atoms with E-state index in [4.69, 9.17) is 0 Å². The maximum atomic E-state index is 9.87. The Morgan fingerprint density at radius 2 is 2.26 bits per heavy atom. The van der Waals surface area contributed by atoms with E-state index in [-0.39, 0.29) is 0 Å². The lowest BCUT2D eigenvalue weighted by Crippen LogP contribution is -2.54. The van der Waals surface area contributed by atoms with Gasteiger partial charge in [0, 0.05) is 24.2 Å². The smallest absolute Gasteiger partial charge is 0.116 e. The van der Waals surface area contributed by atoms with Crippen LogP contribution in [0.4, 0.5) is 0 Å². The molecule has 3 saturated heterocycles. The van der Waals surface area contributed by atoms with Gasteiger partial charge in [0.1, 0.15) is 5.75 Å². The van der Waals surface area contributed by atoms with E-state index in [2.05, 4.69) is 35.5 Å². The van der Waals surface area contributed by atoms with Crippen molar-refractivity contribution in [2.45, 2.75) is 31.7 Å². The van der Waals surface area contributed by atoms with Crippen molar-refractivity contribution >= 4 is 10.9 Å². The lowest BCUT2D eigenvalue weighted by atomic mass is 9.71. The van der Waals surface area contributed by atoms with Crippen LogP contribution in [-0.2, 0) is 0 Å². The molecule has 0 radical (unpaired) electrons. The number of phenols is 1. The topological polar surface area (TPSA) is 36.4 Å². The first-order chi connectivity index (χ1) is 11.2. The lowest BCUT2D eigenvalue weighted by Gasteiger charge is -2.51. The van der Waals surface area contributed by atoms with Gasteiger partial charge in [0.2, 0.25) is 0 Å². The van der Waals surface area contributed by atoms with E-state index in [1.54, 1.807) is 6.07 Å². The summed E-state index contributed by atoms with van der Waals surface area (Å²) in [4.78, 5) is 7.09. The molecule has 1 aromatic carbocycles. The molecule has 0 saturated carbocycles. The Hall–Kier alpha value is -1.87. The van der Waals surface area contributed by atoms with E-state index in [0.717, 1.165) is 23.4 Å². The third-order valence-electron chi connectivity index (χ3n) is 5.98. The lowest BCUT2D eigenvalue weighted by molar-refractivity contribution is 0.00925. The van der Waals surface area contributed by atoms with Crippen molar-refractivity contribution in [3.05, 3.63) is 48.7 Å². The number of phenolic OH excluding ortho intramolecular Hbond substituents is 1. The third kappa shape index (κ3) is 2.43. The minimum atomic E-state index is 0.316. The number of hydrogen-bond donors (Lipinski definition) is 1. The minimum Gasteiger partial charge on any atom is -0.508 e. The van der Waals surface area contributed by atoms with Gasteiger partial charge in [0.05, 0.1) is 5.52 Å². The molecule has 4 heterocycles. The summed E-state index contributed by atoms with van der Waals surface area (Å²) in [7, 11) is 0. The highest BCUT2D eigenvalue weighted by Gasteiger charge is 2.41. The number of piperidine rings is 3. The quantitative estimate of drug-likeness (QED) is 0.873. The van der Waals surface area contributed by atoms with Crippen LogP contribution >= 0.6 is 0 Å². The van der Waals surface area contributed by atoms with Crippen LogP contribution in [0.5, 0.6) is 5.75 Å². The highest BCUT2D eigenvalue weighted by Crippen LogP contribution is 2.42. The average molecular weight is 308 g/mol. The molecular formula is C20H24N2O. The van der Waals surface area contributed by atoms with Crippen LogP contribution < -0.4 is 0 Å². The molecule has 3 aliphatic rings.